The van der Waals surface area contributed by atoms with Gasteiger partial charge in [-0.1, -0.05) is 23.2 Å². The number of nitrogen functional groups attached to an aromatic ring is 1. The molecule has 1 aromatic carbocycles. The first-order chi connectivity index (χ1) is 12.5. The Morgan fingerprint density at radius 1 is 1.19 bits per heavy atom. The van der Waals surface area contributed by atoms with Crippen molar-refractivity contribution in [3.8, 4) is 0 Å². The van der Waals surface area contributed by atoms with Crippen LogP contribution < -0.4 is 16.0 Å². The first-order valence-electron chi connectivity index (χ1n) is 8.48. The van der Waals surface area contributed by atoms with Crippen molar-refractivity contribution in [1.82, 2.24) is 4.98 Å². The van der Waals surface area contributed by atoms with Gasteiger partial charge in [0.2, 0.25) is 5.91 Å². The van der Waals surface area contributed by atoms with Crippen molar-refractivity contribution in [2.45, 2.75) is 19.3 Å². The van der Waals surface area contributed by atoms with E-state index in [0.29, 0.717) is 21.4 Å². The Hall–Kier alpha value is -2.24. The molecule has 136 valence electrons. The summed E-state index contributed by atoms with van der Waals surface area (Å²) in [6.45, 7) is 1.98. The van der Waals surface area contributed by atoms with Crippen LogP contribution in [0, 0.1) is 0 Å². The highest BCUT2D eigenvalue weighted by molar-refractivity contribution is 6.42. The molecule has 26 heavy (non-hydrogen) atoms. The number of aromatic nitrogens is 1. The van der Waals surface area contributed by atoms with Gasteiger partial charge in [0.05, 0.1) is 21.4 Å². The minimum atomic E-state index is -0.302. The van der Waals surface area contributed by atoms with E-state index in [1.807, 2.05) is 12.1 Å². The molecule has 5 nitrogen and oxygen atoms in total. The molecule has 2 heterocycles. The maximum absolute atomic E-state index is 12.3. The number of amides is 1. The van der Waals surface area contributed by atoms with Crippen LogP contribution in [0.5, 0.6) is 0 Å². The zero-order valence-electron chi connectivity index (χ0n) is 14.2. The Balaban J connectivity index is 1.74. The molecule has 1 aliphatic rings. The second-order valence-electron chi connectivity index (χ2n) is 6.14. The summed E-state index contributed by atoms with van der Waals surface area (Å²) in [7, 11) is 0. The Labute approximate surface area is 162 Å². The fraction of sp³-hybridized carbons (Fsp3) is 0.263. The number of nitrogens with two attached hydrogens (primary N) is 1. The van der Waals surface area contributed by atoms with Crippen molar-refractivity contribution >= 4 is 52.4 Å². The van der Waals surface area contributed by atoms with Gasteiger partial charge in [-0.3, -0.25) is 4.79 Å². The van der Waals surface area contributed by atoms with Crippen LogP contribution in [0.1, 0.15) is 24.8 Å². The molecule has 3 N–H and O–H groups in total. The Morgan fingerprint density at radius 3 is 2.69 bits per heavy atom. The number of hydrogen-bond acceptors (Lipinski definition) is 4. The summed E-state index contributed by atoms with van der Waals surface area (Å²) in [4.78, 5) is 19.0. The van der Waals surface area contributed by atoms with Gasteiger partial charge in [0, 0.05) is 30.9 Å². The van der Waals surface area contributed by atoms with Crippen molar-refractivity contribution in [1.29, 1.82) is 0 Å². The van der Waals surface area contributed by atoms with Crippen LogP contribution in [-0.4, -0.2) is 24.0 Å². The number of rotatable bonds is 4. The predicted octanol–water partition coefficient (Wildman–Crippen LogP) is 4.61. The van der Waals surface area contributed by atoms with E-state index < -0.39 is 0 Å². The molecular formula is C19H20Cl2N4O. The van der Waals surface area contributed by atoms with E-state index in [-0.39, 0.29) is 5.91 Å². The third-order valence-electron chi connectivity index (χ3n) is 4.24. The largest absolute Gasteiger partial charge is 0.397 e. The van der Waals surface area contributed by atoms with Crippen LogP contribution in [0.4, 0.5) is 17.2 Å². The molecule has 0 unspecified atom stereocenters. The molecule has 0 bridgehead atoms. The van der Waals surface area contributed by atoms with Crippen LogP contribution in [-0.2, 0) is 4.79 Å². The molecule has 0 atom stereocenters. The monoisotopic (exact) mass is 390 g/mol. The second-order valence-corrected chi connectivity index (χ2v) is 6.95. The van der Waals surface area contributed by atoms with Crippen molar-refractivity contribution in [2.24, 2.45) is 0 Å². The van der Waals surface area contributed by atoms with Crippen LogP contribution in [0.15, 0.2) is 36.5 Å². The number of nitrogens with one attached hydrogen (secondary N) is 1. The van der Waals surface area contributed by atoms with E-state index >= 15 is 0 Å². The Morgan fingerprint density at radius 2 is 1.92 bits per heavy atom. The highest BCUT2D eigenvalue weighted by Crippen LogP contribution is 2.30. The summed E-state index contributed by atoms with van der Waals surface area (Å²) in [5.41, 5.74) is 7.56. The minimum absolute atomic E-state index is 0.302. The van der Waals surface area contributed by atoms with Crippen molar-refractivity contribution in [3.63, 3.8) is 0 Å². The Bertz CT molecular complexity index is 832. The van der Waals surface area contributed by atoms with Crippen molar-refractivity contribution in [2.75, 3.05) is 29.0 Å². The van der Waals surface area contributed by atoms with E-state index in [0.717, 1.165) is 37.3 Å². The van der Waals surface area contributed by atoms with Gasteiger partial charge < -0.3 is 16.0 Å². The molecule has 1 saturated heterocycles. The molecule has 1 amide bonds. The Kier molecular flexibility index (Phi) is 6.01. The first-order valence-corrected chi connectivity index (χ1v) is 9.24. The fourth-order valence-corrected chi connectivity index (χ4v) is 3.26. The third-order valence-corrected chi connectivity index (χ3v) is 4.96. The molecule has 0 saturated carbocycles. The summed E-state index contributed by atoms with van der Waals surface area (Å²) in [5.74, 6) is 0.605. The highest BCUT2D eigenvalue weighted by atomic mass is 35.5. The van der Waals surface area contributed by atoms with Crippen molar-refractivity contribution < 1.29 is 4.79 Å². The van der Waals surface area contributed by atoms with E-state index in [1.165, 1.54) is 24.6 Å². The zero-order valence-corrected chi connectivity index (χ0v) is 15.7. The molecule has 0 radical (unpaired) electrons. The quantitative estimate of drug-likeness (QED) is 0.590. The average Bonchev–Trinajstić information content (AvgIpc) is 2.65. The highest BCUT2D eigenvalue weighted by Gasteiger charge is 2.14. The number of carbonyl (C=O) groups excluding carboxylic acids is 1. The molecule has 2 aromatic rings. The lowest BCUT2D eigenvalue weighted by atomic mass is 10.1. The smallest absolute Gasteiger partial charge is 0.248 e. The molecule has 1 aromatic heterocycles. The van der Waals surface area contributed by atoms with Crippen LogP contribution >= 0.6 is 23.2 Å². The lowest BCUT2D eigenvalue weighted by Gasteiger charge is -2.28. The fourth-order valence-electron chi connectivity index (χ4n) is 2.92. The summed E-state index contributed by atoms with van der Waals surface area (Å²) >= 11 is 11.9. The van der Waals surface area contributed by atoms with E-state index in [2.05, 4.69) is 15.2 Å². The summed E-state index contributed by atoms with van der Waals surface area (Å²) in [6.07, 6.45) is 8.58. The van der Waals surface area contributed by atoms with E-state index in [4.69, 9.17) is 28.9 Å². The molecule has 0 spiro atoms. The van der Waals surface area contributed by atoms with Gasteiger partial charge in [-0.05, 0) is 49.6 Å². The molecular weight excluding hydrogens is 371 g/mol. The number of benzene rings is 1. The third kappa shape index (κ3) is 4.48. The van der Waals surface area contributed by atoms with Gasteiger partial charge in [-0.15, -0.1) is 0 Å². The van der Waals surface area contributed by atoms with E-state index in [1.54, 1.807) is 12.3 Å². The normalized spacial score (nSPS) is 14.6. The van der Waals surface area contributed by atoms with Gasteiger partial charge in [-0.2, -0.15) is 0 Å². The van der Waals surface area contributed by atoms with Gasteiger partial charge in [0.15, 0.2) is 0 Å². The lowest BCUT2D eigenvalue weighted by molar-refractivity contribution is -0.111. The number of anilines is 3. The number of halogens is 2. The number of hydrogen-bond donors (Lipinski definition) is 2. The average molecular weight is 391 g/mol. The van der Waals surface area contributed by atoms with Crippen LogP contribution in [0.25, 0.3) is 6.08 Å². The second kappa shape index (κ2) is 8.43. The van der Waals surface area contributed by atoms with Crippen molar-refractivity contribution in [3.05, 3.63) is 52.1 Å². The SMILES string of the molecule is Nc1cc(Cl)c(Cl)cc1NC(=O)/C=C/c1cccnc1N1CCCCC1. The minimum Gasteiger partial charge on any atom is -0.397 e. The number of piperidine rings is 1. The summed E-state index contributed by atoms with van der Waals surface area (Å²) in [6, 6.07) is 6.86. The standard InChI is InChI=1S/C19H20Cl2N4O/c20-14-11-16(22)17(12-15(14)21)24-18(26)7-6-13-5-4-8-23-19(13)25-9-2-1-3-10-25/h4-8,11-12H,1-3,9-10,22H2,(H,24,26)/b7-6+. The predicted molar refractivity (Wildman–Crippen MR) is 109 cm³/mol. The van der Waals surface area contributed by atoms with Gasteiger partial charge in [-0.25, -0.2) is 4.98 Å². The topological polar surface area (TPSA) is 71.2 Å². The van der Waals surface area contributed by atoms with Crippen LogP contribution in [0.3, 0.4) is 0 Å². The van der Waals surface area contributed by atoms with Gasteiger partial charge in [0.1, 0.15) is 5.82 Å². The molecule has 1 fully saturated rings. The molecule has 7 heteroatoms. The maximum Gasteiger partial charge on any atom is 0.248 e. The van der Waals surface area contributed by atoms with Gasteiger partial charge >= 0.3 is 0 Å². The number of carbonyl (C=O) groups is 1. The number of nitrogens with zero attached hydrogens (tertiary/aromatic N) is 2. The van der Waals surface area contributed by atoms with E-state index in [9.17, 15) is 4.79 Å². The molecule has 0 aliphatic carbocycles. The molecule has 3 rings (SSSR count). The zero-order chi connectivity index (χ0) is 18.5. The summed E-state index contributed by atoms with van der Waals surface area (Å²) < 4.78 is 0. The number of pyridine rings is 1. The first kappa shape index (κ1) is 18.5. The maximum atomic E-state index is 12.3. The van der Waals surface area contributed by atoms with Crippen LogP contribution in [0.2, 0.25) is 10.0 Å². The molecule has 1 aliphatic heterocycles. The lowest BCUT2D eigenvalue weighted by Crippen LogP contribution is -2.30. The van der Waals surface area contributed by atoms with Gasteiger partial charge in [0.25, 0.3) is 0 Å². The summed E-state index contributed by atoms with van der Waals surface area (Å²) in [5, 5.41) is 3.40.